The van der Waals surface area contributed by atoms with Crippen LogP contribution in [0.2, 0.25) is 10.0 Å². The minimum Gasteiger partial charge on any atom is -0.455 e. The summed E-state index contributed by atoms with van der Waals surface area (Å²) in [5.41, 5.74) is 6.57. The maximum atomic E-state index is 12.9. The van der Waals surface area contributed by atoms with Crippen LogP contribution in [0, 0.1) is 13.8 Å². The summed E-state index contributed by atoms with van der Waals surface area (Å²) in [5.74, 6) is 0.183. The number of amides is 2. The third-order valence-corrected chi connectivity index (χ3v) is 5.94. The summed E-state index contributed by atoms with van der Waals surface area (Å²) in [6.45, 7) is 3.69. The molecule has 164 valence electrons. The molecule has 6 nitrogen and oxygen atoms in total. The summed E-state index contributed by atoms with van der Waals surface area (Å²) in [4.78, 5) is 25.4. The highest BCUT2D eigenvalue weighted by Crippen LogP contribution is 2.31. The van der Waals surface area contributed by atoms with Crippen LogP contribution in [0.5, 0.6) is 0 Å². The van der Waals surface area contributed by atoms with Crippen molar-refractivity contribution in [3.8, 4) is 0 Å². The molecule has 0 unspecified atom stereocenters. The number of aryl methyl sites for hydroxylation is 2. The number of nitrogens with one attached hydrogen (secondary N) is 2. The molecule has 1 aromatic heterocycles. The first-order chi connectivity index (χ1) is 15.3. The van der Waals surface area contributed by atoms with Crippen LogP contribution in [0.4, 0.5) is 5.69 Å². The highest BCUT2D eigenvalue weighted by Gasteiger charge is 2.28. The fraction of sp³-hybridized carbons (Fsp3) is 0.208. The van der Waals surface area contributed by atoms with Crippen LogP contribution in [0.1, 0.15) is 56.2 Å². The number of rotatable bonds is 4. The summed E-state index contributed by atoms with van der Waals surface area (Å²) < 4.78 is 5.92. The lowest BCUT2D eigenvalue weighted by atomic mass is 9.93. The average molecular weight is 470 g/mol. The van der Waals surface area contributed by atoms with E-state index in [4.69, 9.17) is 27.6 Å². The molecule has 1 aliphatic rings. The van der Waals surface area contributed by atoms with Gasteiger partial charge in [-0.3, -0.25) is 9.59 Å². The Labute approximate surface area is 195 Å². The fourth-order valence-electron chi connectivity index (χ4n) is 3.77. The van der Waals surface area contributed by atoms with Gasteiger partial charge in [0.05, 0.1) is 16.3 Å². The molecule has 0 atom stereocenters. The Morgan fingerprint density at radius 3 is 2.56 bits per heavy atom. The molecule has 32 heavy (non-hydrogen) atoms. The molecule has 8 heteroatoms. The van der Waals surface area contributed by atoms with E-state index in [2.05, 4.69) is 15.8 Å². The van der Waals surface area contributed by atoms with Crippen molar-refractivity contribution in [3.63, 3.8) is 0 Å². The number of furan rings is 1. The lowest BCUT2D eigenvalue weighted by Gasteiger charge is -2.13. The van der Waals surface area contributed by atoms with E-state index < -0.39 is 5.91 Å². The monoisotopic (exact) mass is 469 g/mol. The predicted molar refractivity (Wildman–Crippen MR) is 126 cm³/mol. The van der Waals surface area contributed by atoms with Crippen LogP contribution in [0.3, 0.4) is 0 Å². The van der Waals surface area contributed by atoms with Crippen molar-refractivity contribution in [3.05, 3.63) is 86.3 Å². The normalized spacial score (nSPS) is 14.2. The molecule has 4 rings (SSSR count). The smallest absolute Gasteiger partial charge is 0.291 e. The van der Waals surface area contributed by atoms with E-state index in [1.165, 1.54) is 0 Å². The Hall–Kier alpha value is -3.09. The van der Waals surface area contributed by atoms with Crippen LogP contribution in [0.15, 0.2) is 52.0 Å². The number of hydrogen-bond donors (Lipinski definition) is 2. The van der Waals surface area contributed by atoms with Gasteiger partial charge in [0.15, 0.2) is 5.76 Å². The van der Waals surface area contributed by atoms with Crippen molar-refractivity contribution in [2.45, 2.75) is 33.1 Å². The molecular formula is C24H21Cl2N3O3. The summed E-state index contributed by atoms with van der Waals surface area (Å²) >= 11 is 12.1. The van der Waals surface area contributed by atoms with Gasteiger partial charge in [-0.1, -0.05) is 35.3 Å². The van der Waals surface area contributed by atoms with Gasteiger partial charge < -0.3 is 9.73 Å². The minimum absolute atomic E-state index is 0.233. The zero-order valence-electron chi connectivity index (χ0n) is 17.6. The second-order valence-electron chi connectivity index (χ2n) is 7.60. The maximum Gasteiger partial charge on any atom is 0.291 e. The van der Waals surface area contributed by atoms with E-state index in [0.717, 1.165) is 17.5 Å². The molecule has 0 radical (unpaired) electrons. The van der Waals surface area contributed by atoms with E-state index in [0.29, 0.717) is 51.2 Å². The molecule has 0 fully saturated rings. The molecular weight excluding hydrogens is 449 g/mol. The second-order valence-corrected chi connectivity index (χ2v) is 8.44. The molecule has 2 aromatic carbocycles. The van der Waals surface area contributed by atoms with Crippen molar-refractivity contribution in [1.82, 2.24) is 5.43 Å². The molecule has 0 bridgehead atoms. The van der Waals surface area contributed by atoms with Gasteiger partial charge in [-0.15, -0.1) is 0 Å². The lowest BCUT2D eigenvalue weighted by Crippen LogP contribution is -2.22. The van der Waals surface area contributed by atoms with E-state index in [1.54, 1.807) is 42.5 Å². The summed E-state index contributed by atoms with van der Waals surface area (Å²) in [6.07, 6.45) is 2.16. The number of carbonyl (C=O) groups is 2. The van der Waals surface area contributed by atoms with Gasteiger partial charge in [-0.2, -0.15) is 5.10 Å². The van der Waals surface area contributed by atoms with Crippen LogP contribution < -0.4 is 10.7 Å². The number of hydrazone groups is 1. The van der Waals surface area contributed by atoms with E-state index >= 15 is 0 Å². The lowest BCUT2D eigenvalue weighted by molar-refractivity contribution is 0.0953. The standard InChI is InChI=1S/C24H21Cl2N3O3/c1-13-12-15(25)10-11-18(13)27-24(31)22-14(2)21-19(8-5-9-20(21)32-22)28-29-23(30)16-6-3-4-7-17(16)26/h3-4,6-7,10-12H,5,8-9H2,1-2H3,(H,27,31)(H,29,30)/b28-19+. The molecule has 1 aliphatic carbocycles. The quantitative estimate of drug-likeness (QED) is 0.464. The van der Waals surface area contributed by atoms with Gasteiger partial charge in [-0.25, -0.2) is 5.43 Å². The first-order valence-electron chi connectivity index (χ1n) is 10.2. The topological polar surface area (TPSA) is 83.7 Å². The summed E-state index contributed by atoms with van der Waals surface area (Å²) in [6, 6.07) is 12.0. The zero-order chi connectivity index (χ0) is 22.8. The SMILES string of the molecule is Cc1cc(Cl)ccc1NC(=O)c1oc2c(c1C)/C(=N/NC(=O)c1ccccc1Cl)CCC2. The number of anilines is 1. The van der Waals surface area contributed by atoms with Crippen molar-refractivity contribution in [1.29, 1.82) is 0 Å². The van der Waals surface area contributed by atoms with Crippen LogP contribution in [-0.4, -0.2) is 17.5 Å². The van der Waals surface area contributed by atoms with E-state index in [-0.39, 0.29) is 11.7 Å². The summed E-state index contributed by atoms with van der Waals surface area (Å²) in [7, 11) is 0. The number of halogens is 2. The van der Waals surface area contributed by atoms with Crippen molar-refractivity contribution >= 4 is 46.4 Å². The molecule has 3 aromatic rings. The zero-order valence-corrected chi connectivity index (χ0v) is 19.1. The molecule has 2 amide bonds. The third kappa shape index (κ3) is 4.42. The first-order valence-corrected chi connectivity index (χ1v) is 10.9. The molecule has 2 N–H and O–H groups in total. The Bertz CT molecular complexity index is 1250. The average Bonchev–Trinajstić information content (AvgIpc) is 3.11. The van der Waals surface area contributed by atoms with Gasteiger partial charge >= 0.3 is 0 Å². The van der Waals surface area contributed by atoms with Gasteiger partial charge in [0, 0.05) is 28.3 Å². The Kier molecular flexibility index (Phi) is 6.35. The van der Waals surface area contributed by atoms with E-state index in [9.17, 15) is 9.59 Å². The number of fused-ring (bicyclic) bond motifs is 1. The Morgan fingerprint density at radius 2 is 1.81 bits per heavy atom. The van der Waals surface area contributed by atoms with Crippen LogP contribution >= 0.6 is 23.2 Å². The molecule has 0 spiro atoms. The van der Waals surface area contributed by atoms with Gasteiger partial charge in [-0.05, 0) is 62.6 Å². The largest absolute Gasteiger partial charge is 0.455 e. The maximum absolute atomic E-state index is 12.9. The van der Waals surface area contributed by atoms with Crippen molar-refractivity contribution in [2.75, 3.05) is 5.32 Å². The fourth-order valence-corrected chi connectivity index (χ4v) is 4.22. The highest BCUT2D eigenvalue weighted by atomic mass is 35.5. The third-order valence-electron chi connectivity index (χ3n) is 5.38. The summed E-state index contributed by atoms with van der Waals surface area (Å²) in [5, 5.41) is 8.17. The van der Waals surface area contributed by atoms with Crippen molar-refractivity contribution in [2.24, 2.45) is 5.10 Å². The molecule has 0 aliphatic heterocycles. The molecule has 1 heterocycles. The Morgan fingerprint density at radius 1 is 1.03 bits per heavy atom. The minimum atomic E-state index is -0.396. The molecule has 0 saturated heterocycles. The highest BCUT2D eigenvalue weighted by molar-refractivity contribution is 6.33. The first kappa shape index (κ1) is 22.1. The van der Waals surface area contributed by atoms with E-state index in [1.807, 2.05) is 13.8 Å². The number of nitrogens with zero attached hydrogens (tertiary/aromatic N) is 1. The Balaban J connectivity index is 1.58. The van der Waals surface area contributed by atoms with Crippen molar-refractivity contribution < 1.29 is 14.0 Å². The molecule has 0 saturated carbocycles. The number of benzene rings is 2. The number of hydrogen-bond acceptors (Lipinski definition) is 4. The van der Waals surface area contributed by atoms with Gasteiger partial charge in [0.25, 0.3) is 11.8 Å². The van der Waals surface area contributed by atoms with Gasteiger partial charge in [0.2, 0.25) is 0 Å². The van der Waals surface area contributed by atoms with Gasteiger partial charge in [0.1, 0.15) is 5.76 Å². The number of carbonyl (C=O) groups excluding carboxylic acids is 2. The second kappa shape index (κ2) is 9.18. The predicted octanol–water partition coefficient (Wildman–Crippen LogP) is 5.93. The van der Waals surface area contributed by atoms with Crippen LogP contribution in [-0.2, 0) is 6.42 Å². The van der Waals surface area contributed by atoms with Crippen LogP contribution in [0.25, 0.3) is 0 Å².